The van der Waals surface area contributed by atoms with Crippen LogP contribution >= 0.6 is 0 Å². The molecule has 1 atom stereocenters. The normalized spacial score (nSPS) is 15.8. The van der Waals surface area contributed by atoms with Gasteiger partial charge in [0, 0.05) is 18.8 Å². The summed E-state index contributed by atoms with van der Waals surface area (Å²) in [6.07, 6.45) is 5.64. The number of hydrogen-bond donors (Lipinski definition) is 1. The number of nitrogens with zero attached hydrogens (tertiary/aromatic N) is 6. The largest absolute Gasteiger partial charge is 0.495 e. The number of nitriles is 1. The summed E-state index contributed by atoms with van der Waals surface area (Å²) in [5.74, 6) is 1.71. The predicted molar refractivity (Wildman–Crippen MR) is 125 cm³/mol. The second-order valence-corrected chi connectivity index (χ2v) is 8.28. The minimum Gasteiger partial charge on any atom is -0.495 e. The van der Waals surface area contributed by atoms with Crippen molar-refractivity contribution in [3.63, 3.8) is 0 Å². The van der Waals surface area contributed by atoms with E-state index in [2.05, 4.69) is 26.0 Å². The van der Waals surface area contributed by atoms with Gasteiger partial charge in [0.15, 0.2) is 5.65 Å². The van der Waals surface area contributed by atoms with E-state index in [1.54, 1.807) is 22.8 Å². The van der Waals surface area contributed by atoms with Gasteiger partial charge in [-0.1, -0.05) is 12.1 Å². The van der Waals surface area contributed by atoms with Crippen LogP contribution in [-0.4, -0.2) is 38.2 Å². The first-order valence-corrected chi connectivity index (χ1v) is 11.0. The van der Waals surface area contributed by atoms with Gasteiger partial charge in [-0.3, -0.25) is 0 Å². The van der Waals surface area contributed by atoms with Crippen molar-refractivity contribution in [3.8, 4) is 23.2 Å². The molecule has 3 aromatic heterocycles. The Hall–Kier alpha value is -4.45. The molecule has 1 aliphatic heterocycles. The van der Waals surface area contributed by atoms with E-state index in [9.17, 15) is 9.65 Å². The number of benzene rings is 2. The van der Waals surface area contributed by atoms with Crippen molar-refractivity contribution in [2.45, 2.75) is 18.9 Å². The zero-order valence-electron chi connectivity index (χ0n) is 18.4. The molecular formula is C25H20FN7O. The number of methoxy groups -OCH3 is 1. The van der Waals surface area contributed by atoms with Gasteiger partial charge in [0.25, 0.3) is 0 Å². The zero-order chi connectivity index (χ0) is 23.2. The molecule has 6 rings (SSSR count). The first-order valence-electron chi connectivity index (χ1n) is 11.0. The molecule has 34 heavy (non-hydrogen) atoms. The Labute approximate surface area is 194 Å². The lowest BCUT2D eigenvalue weighted by atomic mass is 10.0. The Balaban J connectivity index is 1.41. The van der Waals surface area contributed by atoms with Gasteiger partial charge < -0.3 is 14.6 Å². The lowest BCUT2D eigenvalue weighted by molar-refractivity contribution is 0.414. The Kier molecular flexibility index (Phi) is 4.66. The van der Waals surface area contributed by atoms with Crippen molar-refractivity contribution in [2.75, 3.05) is 18.6 Å². The number of hydrogen-bond acceptors (Lipinski definition) is 6. The van der Waals surface area contributed by atoms with Crippen molar-refractivity contribution in [1.29, 1.82) is 5.26 Å². The molecule has 0 amide bonds. The number of imidazole rings is 1. The van der Waals surface area contributed by atoms with E-state index in [-0.39, 0.29) is 11.9 Å². The quantitative estimate of drug-likeness (QED) is 0.426. The molecule has 2 aromatic carbocycles. The molecule has 0 spiro atoms. The number of halogens is 1. The molecule has 1 saturated heterocycles. The third-order valence-corrected chi connectivity index (χ3v) is 6.33. The average Bonchev–Trinajstić information content (AvgIpc) is 3.60. The minimum absolute atomic E-state index is 0.144. The Morgan fingerprint density at radius 3 is 2.82 bits per heavy atom. The Morgan fingerprint density at radius 1 is 1.18 bits per heavy atom. The third-order valence-electron chi connectivity index (χ3n) is 6.33. The maximum Gasteiger partial charge on any atom is 0.168 e. The van der Waals surface area contributed by atoms with Gasteiger partial charge >= 0.3 is 0 Å². The summed E-state index contributed by atoms with van der Waals surface area (Å²) in [7, 11) is 1.54. The van der Waals surface area contributed by atoms with E-state index in [1.165, 1.54) is 19.2 Å². The summed E-state index contributed by atoms with van der Waals surface area (Å²) >= 11 is 0. The zero-order valence-corrected chi connectivity index (χ0v) is 18.4. The van der Waals surface area contributed by atoms with Crippen molar-refractivity contribution in [3.05, 3.63) is 71.8 Å². The number of ether oxygens (including phenoxy) is 1. The van der Waals surface area contributed by atoms with Crippen LogP contribution in [0.15, 0.2) is 54.9 Å². The van der Waals surface area contributed by atoms with E-state index < -0.39 is 0 Å². The van der Waals surface area contributed by atoms with E-state index in [4.69, 9.17) is 9.72 Å². The topological polar surface area (TPSA) is 95.1 Å². The highest BCUT2D eigenvalue weighted by molar-refractivity contribution is 5.85. The van der Waals surface area contributed by atoms with Crippen molar-refractivity contribution in [1.82, 2.24) is 24.6 Å². The molecule has 0 radical (unpaired) electrons. The molecule has 9 heteroatoms. The van der Waals surface area contributed by atoms with Gasteiger partial charge in [0.1, 0.15) is 29.3 Å². The summed E-state index contributed by atoms with van der Waals surface area (Å²) < 4.78 is 20.5. The lowest BCUT2D eigenvalue weighted by Gasteiger charge is -2.26. The van der Waals surface area contributed by atoms with Crippen LogP contribution in [-0.2, 0) is 0 Å². The van der Waals surface area contributed by atoms with E-state index >= 15 is 0 Å². The van der Waals surface area contributed by atoms with Crippen LogP contribution in [0.25, 0.3) is 28.1 Å². The van der Waals surface area contributed by atoms with Crippen molar-refractivity contribution >= 4 is 22.5 Å². The summed E-state index contributed by atoms with van der Waals surface area (Å²) in [6, 6.07) is 14.4. The minimum atomic E-state index is -0.234. The van der Waals surface area contributed by atoms with Gasteiger partial charge in [-0.2, -0.15) is 10.4 Å². The van der Waals surface area contributed by atoms with E-state index in [0.717, 1.165) is 41.8 Å². The fraction of sp³-hybridized carbons (Fsp3) is 0.200. The van der Waals surface area contributed by atoms with Crippen LogP contribution in [0.5, 0.6) is 5.75 Å². The molecule has 8 nitrogen and oxygen atoms in total. The van der Waals surface area contributed by atoms with Gasteiger partial charge in [-0.15, -0.1) is 0 Å². The summed E-state index contributed by atoms with van der Waals surface area (Å²) in [5, 5.41) is 13.8. The second-order valence-electron chi connectivity index (χ2n) is 8.28. The van der Waals surface area contributed by atoms with Crippen LogP contribution in [0.2, 0.25) is 0 Å². The fourth-order valence-corrected chi connectivity index (χ4v) is 4.68. The van der Waals surface area contributed by atoms with Gasteiger partial charge in [0.05, 0.1) is 41.5 Å². The van der Waals surface area contributed by atoms with Crippen molar-refractivity contribution in [2.24, 2.45) is 0 Å². The molecule has 4 heterocycles. The van der Waals surface area contributed by atoms with E-state index in [1.807, 2.05) is 24.4 Å². The van der Waals surface area contributed by atoms with Crippen molar-refractivity contribution < 1.29 is 9.13 Å². The SMILES string of the molecule is COc1cc2[nH]c(-c3cnn4ccc(N5CCCC5c5ccc(F)cc5)nc34)nc2cc1C#N. The van der Waals surface area contributed by atoms with Gasteiger partial charge in [0.2, 0.25) is 0 Å². The highest BCUT2D eigenvalue weighted by Crippen LogP contribution is 2.36. The molecule has 1 unspecified atom stereocenters. The fourth-order valence-electron chi connectivity index (χ4n) is 4.68. The summed E-state index contributed by atoms with van der Waals surface area (Å²) in [4.78, 5) is 15.2. The number of H-pyrrole nitrogens is 1. The molecular weight excluding hydrogens is 433 g/mol. The first kappa shape index (κ1) is 20.2. The molecule has 1 fully saturated rings. The molecule has 5 aromatic rings. The van der Waals surface area contributed by atoms with Crippen LogP contribution in [0, 0.1) is 17.1 Å². The first-order chi connectivity index (χ1) is 16.6. The number of aromatic amines is 1. The Morgan fingerprint density at radius 2 is 2.03 bits per heavy atom. The van der Waals surface area contributed by atoms with Gasteiger partial charge in [-0.25, -0.2) is 18.9 Å². The number of rotatable bonds is 4. The maximum absolute atomic E-state index is 13.4. The molecule has 0 aliphatic carbocycles. The molecule has 0 saturated carbocycles. The lowest BCUT2D eigenvalue weighted by Crippen LogP contribution is -2.23. The average molecular weight is 453 g/mol. The van der Waals surface area contributed by atoms with Crippen LogP contribution in [0.3, 0.4) is 0 Å². The number of aromatic nitrogens is 5. The van der Waals surface area contributed by atoms with Crippen LogP contribution in [0.1, 0.15) is 30.0 Å². The maximum atomic E-state index is 13.4. The highest BCUT2D eigenvalue weighted by Gasteiger charge is 2.28. The number of anilines is 1. The highest BCUT2D eigenvalue weighted by atomic mass is 19.1. The molecule has 168 valence electrons. The molecule has 1 aliphatic rings. The molecule has 1 N–H and O–H groups in total. The smallest absolute Gasteiger partial charge is 0.168 e. The van der Waals surface area contributed by atoms with Gasteiger partial charge in [-0.05, 0) is 42.7 Å². The van der Waals surface area contributed by atoms with Crippen LogP contribution < -0.4 is 9.64 Å². The monoisotopic (exact) mass is 453 g/mol. The third kappa shape index (κ3) is 3.23. The Bertz CT molecular complexity index is 1560. The molecule has 0 bridgehead atoms. The van der Waals surface area contributed by atoms with Crippen LogP contribution in [0.4, 0.5) is 10.2 Å². The number of nitrogens with one attached hydrogen (secondary N) is 1. The van der Waals surface area contributed by atoms with E-state index in [0.29, 0.717) is 28.3 Å². The second kappa shape index (κ2) is 7.85. The number of fused-ring (bicyclic) bond motifs is 2. The predicted octanol–water partition coefficient (Wildman–Crippen LogP) is 4.63. The summed E-state index contributed by atoms with van der Waals surface area (Å²) in [5.41, 5.74) is 4.36. The summed E-state index contributed by atoms with van der Waals surface area (Å²) in [6.45, 7) is 0.871. The standard InChI is InChI=1S/C25H20FN7O/c1-34-22-12-20-19(11-16(22)13-27)29-24(30-20)18-14-28-33-10-8-23(31-25(18)33)32-9-2-3-21(32)15-4-6-17(26)7-5-15/h4-8,10-12,14,21H,2-3,9H2,1H3,(H,29,30).